The van der Waals surface area contributed by atoms with E-state index in [1.807, 2.05) is 35.1 Å². The molecule has 0 spiro atoms. The molecule has 26 heavy (non-hydrogen) atoms. The van der Waals surface area contributed by atoms with E-state index < -0.39 is 22.1 Å². The van der Waals surface area contributed by atoms with Crippen molar-refractivity contribution < 1.29 is 13.2 Å². The van der Waals surface area contributed by atoms with Gasteiger partial charge in [0, 0.05) is 12.6 Å². The van der Waals surface area contributed by atoms with Crippen LogP contribution < -0.4 is 10.5 Å². The molecule has 138 valence electrons. The van der Waals surface area contributed by atoms with Crippen molar-refractivity contribution in [2.45, 2.75) is 6.42 Å². The van der Waals surface area contributed by atoms with Crippen LogP contribution in [-0.2, 0) is 16.6 Å². The van der Waals surface area contributed by atoms with Crippen molar-refractivity contribution in [3.05, 3.63) is 69.2 Å². The second-order valence-electron chi connectivity index (χ2n) is 5.26. The third kappa shape index (κ3) is 4.34. The molecule has 10 heteroatoms. The maximum Gasteiger partial charge on any atom is 0.310 e. The Morgan fingerprint density at radius 2 is 1.85 bits per heavy atom. The lowest BCUT2D eigenvalue weighted by Crippen LogP contribution is -2.49. The summed E-state index contributed by atoms with van der Waals surface area (Å²) in [5.41, 5.74) is 6.69. The number of benzene rings is 2. The standard InChI is InChI=1S/C16H16Cl2N4O3S/c1-21-26(24,25)22(16(19)20)15(23)12-8-11(14(18)13(17)9-12)7-10-5-3-2-4-6-10/h2-6,8-9,21H,7H2,1H3,(H3,19,20). The zero-order valence-electron chi connectivity index (χ0n) is 13.7. The van der Waals surface area contributed by atoms with Gasteiger partial charge in [-0.15, -0.1) is 0 Å². The molecule has 0 fully saturated rings. The number of nitrogens with two attached hydrogens (primary N) is 1. The Labute approximate surface area is 161 Å². The molecule has 2 rings (SSSR count). The van der Waals surface area contributed by atoms with Gasteiger partial charge >= 0.3 is 10.2 Å². The summed E-state index contributed by atoms with van der Waals surface area (Å²) in [6.45, 7) is 0. The molecule has 0 saturated carbocycles. The predicted octanol–water partition coefficient (Wildman–Crippen LogP) is 2.38. The van der Waals surface area contributed by atoms with Crippen molar-refractivity contribution in [2.75, 3.05) is 7.05 Å². The number of rotatable bonds is 5. The van der Waals surface area contributed by atoms with Gasteiger partial charge in [0.15, 0.2) is 0 Å². The van der Waals surface area contributed by atoms with Gasteiger partial charge in [0.25, 0.3) is 5.91 Å². The Kier molecular flexibility index (Phi) is 6.25. The molecule has 0 saturated heterocycles. The molecule has 2 aromatic carbocycles. The molecule has 0 unspecified atom stereocenters. The summed E-state index contributed by atoms with van der Waals surface area (Å²) in [4.78, 5) is 12.6. The van der Waals surface area contributed by atoms with Gasteiger partial charge in [-0.05, 0) is 29.7 Å². The molecule has 4 N–H and O–H groups in total. The van der Waals surface area contributed by atoms with Crippen LogP contribution in [0.5, 0.6) is 0 Å². The summed E-state index contributed by atoms with van der Waals surface area (Å²) in [5, 5.41) is 7.78. The highest BCUT2D eigenvalue weighted by Gasteiger charge is 2.30. The van der Waals surface area contributed by atoms with Gasteiger partial charge in [-0.1, -0.05) is 53.5 Å². The number of nitrogens with one attached hydrogen (secondary N) is 2. The molecule has 0 aliphatic heterocycles. The van der Waals surface area contributed by atoms with Gasteiger partial charge in [0.05, 0.1) is 10.0 Å². The van der Waals surface area contributed by atoms with Crippen LogP contribution in [0.25, 0.3) is 0 Å². The van der Waals surface area contributed by atoms with E-state index in [4.69, 9.17) is 34.3 Å². The lowest BCUT2D eigenvalue weighted by molar-refractivity contribution is 0.0911. The second-order valence-corrected chi connectivity index (χ2v) is 7.77. The SMILES string of the molecule is CNS(=O)(=O)N(C(=N)N)C(=O)c1cc(Cl)c(Cl)c(Cc2ccccc2)c1. The average molecular weight is 415 g/mol. The number of hydrogen-bond acceptors (Lipinski definition) is 4. The summed E-state index contributed by atoms with van der Waals surface area (Å²) >= 11 is 12.3. The van der Waals surface area contributed by atoms with Crippen molar-refractivity contribution >= 4 is 45.3 Å². The van der Waals surface area contributed by atoms with Crippen LogP contribution in [0.4, 0.5) is 0 Å². The van der Waals surface area contributed by atoms with Gasteiger partial charge in [-0.2, -0.15) is 12.7 Å². The summed E-state index contributed by atoms with van der Waals surface area (Å²) in [7, 11) is -3.19. The number of amides is 1. The van der Waals surface area contributed by atoms with Crippen molar-refractivity contribution in [3.8, 4) is 0 Å². The smallest absolute Gasteiger partial charge is 0.310 e. The van der Waals surface area contributed by atoms with E-state index in [1.54, 1.807) is 0 Å². The monoisotopic (exact) mass is 414 g/mol. The Hall–Kier alpha value is -2.13. The van der Waals surface area contributed by atoms with E-state index in [2.05, 4.69) is 0 Å². The maximum atomic E-state index is 12.6. The van der Waals surface area contributed by atoms with Crippen molar-refractivity contribution in [1.29, 1.82) is 5.41 Å². The molecular formula is C16H16Cl2N4O3S. The number of halogens is 2. The van der Waals surface area contributed by atoms with Gasteiger partial charge in [-0.25, -0.2) is 4.72 Å². The minimum atomic E-state index is -4.29. The minimum absolute atomic E-state index is 0.0562. The van der Waals surface area contributed by atoms with Crippen molar-refractivity contribution in [3.63, 3.8) is 0 Å². The predicted molar refractivity (Wildman–Crippen MR) is 102 cm³/mol. The third-order valence-corrected chi connectivity index (χ3v) is 5.69. The first-order valence-corrected chi connectivity index (χ1v) is 9.51. The largest absolute Gasteiger partial charge is 0.369 e. The third-order valence-electron chi connectivity index (χ3n) is 3.49. The normalized spacial score (nSPS) is 11.2. The van der Waals surface area contributed by atoms with E-state index in [-0.39, 0.29) is 19.9 Å². The van der Waals surface area contributed by atoms with Crippen molar-refractivity contribution in [1.82, 2.24) is 9.03 Å². The number of nitrogens with zero attached hydrogens (tertiary/aromatic N) is 1. The van der Waals surface area contributed by atoms with E-state index in [0.717, 1.165) is 12.6 Å². The fourth-order valence-corrected chi connectivity index (χ4v) is 3.45. The summed E-state index contributed by atoms with van der Waals surface area (Å²) < 4.78 is 26.1. The van der Waals surface area contributed by atoms with Crippen molar-refractivity contribution in [2.24, 2.45) is 5.73 Å². The Morgan fingerprint density at radius 1 is 1.23 bits per heavy atom. The van der Waals surface area contributed by atoms with Crippen LogP contribution in [0.15, 0.2) is 42.5 Å². The molecule has 1 amide bonds. The first-order chi connectivity index (χ1) is 12.2. The van der Waals surface area contributed by atoms with Crippen LogP contribution in [0, 0.1) is 5.41 Å². The summed E-state index contributed by atoms with van der Waals surface area (Å²) in [5.74, 6) is -1.96. The fraction of sp³-hybridized carbons (Fsp3) is 0.125. The van der Waals surface area contributed by atoms with Gasteiger partial charge < -0.3 is 5.73 Å². The molecule has 0 radical (unpaired) electrons. The Balaban J connectivity index is 2.49. The topological polar surface area (TPSA) is 116 Å². The van der Waals surface area contributed by atoms with Crippen LogP contribution in [0.3, 0.4) is 0 Å². The Bertz CT molecular complexity index is 949. The van der Waals surface area contributed by atoms with Crippen LogP contribution >= 0.6 is 23.2 Å². The van der Waals surface area contributed by atoms with Crippen LogP contribution in [0.1, 0.15) is 21.5 Å². The first kappa shape index (κ1) is 20.2. The molecular weight excluding hydrogens is 399 g/mol. The maximum absolute atomic E-state index is 12.6. The quantitative estimate of drug-likeness (QED) is 0.514. The van der Waals surface area contributed by atoms with E-state index >= 15 is 0 Å². The molecule has 0 aliphatic rings. The van der Waals surface area contributed by atoms with Crippen LogP contribution in [0.2, 0.25) is 10.0 Å². The minimum Gasteiger partial charge on any atom is -0.369 e. The average Bonchev–Trinajstić information content (AvgIpc) is 2.59. The summed E-state index contributed by atoms with van der Waals surface area (Å²) in [6.07, 6.45) is 0.388. The fourth-order valence-electron chi connectivity index (χ4n) is 2.27. The van der Waals surface area contributed by atoms with Crippen LogP contribution in [-0.4, -0.2) is 31.6 Å². The van der Waals surface area contributed by atoms with E-state index in [0.29, 0.717) is 12.0 Å². The molecule has 7 nitrogen and oxygen atoms in total. The van der Waals surface area contributed by atoms with Gasteiger partial charge in [-0.3, -0.25) is 10.2 Å². The van der Waals surface area contributed by atoms with E-state index in [1.165, 1.54) is 12.1 Å². The van der Waals surface area contributed by atoms with E-state index in [9.17, 15) is 13.2 Å². The van der Waals surface area contributed by atoms with Gasteiger partial charge in [0.1, 0.15) is 0 Å². The number of hydrogen-bond donors (Lipinski definition) is 3. The molecule has 2 aromatic rings. The highest BCUT2D eigenvalue weighted by Crippen LogP contribution is 2.30. The molecule has 0 bridgehead atoms. The second kappa shape index (κ2) is 8.05. The number of guanidine groups is 1. The Morgan fingerprint density at radius 3 is 2.38 bits per heavy atom. The summed E-state index contributed by atoms with van der Waals surface area (Å²) in [6, 6.07) is 12.0. The lowest BCUT2D eigenvalue weighted by atomic mass is 10.0. The molecule has 0 aromatic heterocycles. The zero-order valence-corrected chi connectivity index (χ0v) is 16.0. The molecule has 0 atom stereocenters. The highest BCUT2D eigenvalue weighted by atomic mass is 35.5. The first-order valence-electron chi connectivity index (χ1n) is 7.31. The highest BCUT2D eigenvalue weighted by molar-refractivity contribution is 7.88. The number of carbonyl (C=O) groups is 1. The zero-order chi connectivity index (χ0) is 19.5. The molecule has 0 aliphatic carbocycles. The number of carbonyl (C=O) groups excluding carboxylic acids is 1. The lowest BCUT2D eigenvalue weighted by Gasteiger charge is -2.20. The molecule has 0 heterocycles. The van der Waals surface area contributed by atoms with Gasteiger partial charge in [0.2, 0.25) is 5.96 Å².